The fourth-order valence-corrected chi connectivity index (χ4v) is 1.34. The lowest BCUT2D eigenvalue weighted by Crippen LogP contribution is -2.35. The van der Waals surface area contributed by atoms with Crippen molar-refractivity contribution in [2.75, 3.05) is 26.3 Å². The molecule has 0 bridgehead atoms. The van der Waals surface area contributed by atoms with Gasteiger partial charge in [-0.1, -0.05) is 0 Å². The molecule has 0 aromatic carbocycles. The molecule has 1 aliphatic rings. The fraction of sp³-hybridized carbons (Fsp3) is 0.889. The van der Waals surface area contributed by atoms with E-state index in [2.05, 4.69) is 10.8 Å². The largest absolute Gasteiger partial charge is 0.368 e. The summed E-state index contributed by atoms with van der Waals surface area (Å²) in [6.07, 6.45) is 2.16. The van der Waals surface area contributed by atoms with Gasteiger partial charge in [-0.15, -0.1) is 0 Å². The third-order valence-electron chi connectivity index (χ3n) is 2.07. The average Bonchev–Trinajstić information content (AvgIpc) is 2.25. The minimum absolute atomic E-state index is 0.0880. The van der Waals surface area contributed by atoms with Gasteiger partial charge in [-0.3, -0.25) is 9.63 Å². The van der Waals surface area contributed by atoms with Crippen molar-refractivity contribution in [3.63, 3.8) is 0 Å². The normalized spacial score (nSPS) is 18.1. The summed E-state index contributed by atoms with van der Waals surface area (Å²) >= 11 is 0. The topological polar surface area (TPSA) is 59.6 Å². The average molecular weight is 202 g/mol. The summed E-state index contributed by atoms with van der Waals surface area (Å²) in [6, 6.07) is 0. The number of ether oxygens (including phenoxy) is 1. The predicted octanol–water partition coefficient (Wildman–Crippen LogP) is -0.177. The Labute approximate surface area is 84.1 Å². The molecule has 82 valence electrons. The molecular formula is C9H18N2O3. The van der Waals surface area contributed by atoms with Crippen LogP contribution in [0, 0.1) is 0 Å². The van der Waals surface area contributed by atoms with Gasteiger partial charge in [0.1, 0.15) is 6.61 Å². The van der Waals surface area contributed by atoms with Crippen molar-refractivity contribution in [2.24, 2.45) is 0 Å². The first kappa shape index (κ1) is 11.4. The number of carbonyl (C=O) groups excluding carboxylic acids is 1. The Morgan fingerprint density at radius 3 is 2.86 bits per heavy atom. The van der Waals surface area contributed by atoms with Crippen molar-refractivity contribution >= 4 is 5.91 Å². The lowest BCUT2D eigenvalue weighted by molar-refractivity contribution is -0.140. The molecule has 1 aliphatic heterocycles. The molecule has 0 aromatic heterocycles. The van der Waals surface area contributed by atoms with E-state index in [9.17, 15) is 4.79 Å². The molecule has 0 unspecified atom stereocenters. The third kappa shape index (κ3) is 4.55. The standard InChI is InChI=1S/C9H18N2O3/c1-2-14-11-9(12)7-13-8-3-5-10-6-4-8/h8,10H,2-7H2,1H3,(H,11,12). The molecule has 1 fully saturated rings. The third-order valence-corrected chi connectivity index (χ3v) is 2.07. The van der Waals surface area contributed by atoms with E-state index in [1.54, 1.807) is 0 Å². The van der Waals surface area contributed by atoms with Crippen molar-refractivity contribution in [3.8, 4) is 0 Å². The second-order valence-corrected chi connectivity index (χ2v) is 3.22. The number of hydrogen-bond donors (Lipinski definition) is 2. The van der Waals surface area contributed by atoms with E-state index >= 15 is 0 Å². The van der Waals surface area contributed by atoms with Gasteiger partial charge in [0.05, 0.1) is 12.7 Å². The maximum atomic E-state index is 11.1. The summed E-state index contributed by atoms with van der Waals surface area (Å²) in [5.74, 6) is -0.217. The molecule has 1 saturated heterocycles. The van der Waals surface area contributed by atoms with Crippen LogP contribution in [0.4, 0.5) is 0 Å². The van der Waals surface area contributed by atoms with E-state index in [-0.39, 0.29) is 18.6 Å². The Kier molecular flexibility index (Phi) is 5.51. The van der Waals surface area contributed by atoms with Crippen molar-refractivity contribution < 1.29 is 14.4 Å². The zero-order valence-corrected chi connectivity index (χ0v) is 8.54. The molecule has 5 nitrogen and oxygen atoms in total. The van der Waals surface area contributed by atoms with Crippen LogP contribution in [0.25, 0.3) is 0 Å². The number of rotatable bonds is 5. The lowest BCUT2D eigenvalue weighted by Gasteiger charge is -2.22. The smallest absolute Gasteiger partial charge is 0.269 e. The summed E-state index contributed by atoms with van der Waals surface area (Å²) in [4.78, 5) is 15.8. The first-order valence-electron chi connectivity index (χ1n) is 5.06. The zero-order valence-electron chi connectivity index (χ0n) is 8.54. The highest BCUT2D eigenvalue weighted by Crippen LogP contribution is 2.06. The van der Waals surface area contributed by atoms with Crippen LogP contribution in [-0.4, -0.2) is 38.3 Å². The highest BCUT2D eigenvalue weighted by atomic mass is 16.7. The maximum absolute atomic E-state index is 11.1. The van der Waals surface area contributed by atoms with Crippen LogP contribution in [0.15, 0.2) is 0 Å². The summed E-state index contributed by atoms with van der Waals surface area (Å²) in [5, 5.41) is 3.23. The zero-order chi connectivity index (χ0) is 10.2. The van der Waals surface area contributed by atoms with Gasteiger partial charge in [-0.05, 0) is 32.9 Å². The molecule has 1 rings (SSSR count). The molecule has 0 atom stereocenters. The summed E-state index contributed by atoms with van der Waals surface area (Å²) < 4.78 is 5.41. The maximum Gasteiger partial charge on any atom is 0.269 e. The van der Waals surface area contributed by atoms with Gasteiger partial charge >= 0.3 is 0 Å². The molecule has 1 heterocycles. The SMILES string of the molecule is CCONC(=O)COC1CCNCC1. The van der Waals surface area contributed by atoms with E-state index < -0.39 is 0 Å². The van der Waals surface area contributed by atoms with Gasteiger partial charge in [0.25, 0.3) is 5.91 Å². The Morgan fingerprint density at radius 1 is 1.50 bits per heavy atom. The van der Waals surface area contributed by atoms with Crippen molar-refractivity contribution in [2.45, 2.75) is 25.9 Å². The highest BCUT2D eigenvalue weighted by molar-refractivity contribution is 5.76. The van der Waals surface area contributed by atoms with Gasteiger partial charge in [0.2, 0.25) is 0 Å². The first-order valence-corrected chi connectivity index (χ1v) is 5.06. The Morgan fingerprint density at radius 2 is 2.21 bits per heavy atom. The molecule has 14 heavy (non-hydrogen) atoms. The van der Waals surface area contributed by atoms with E-state index in [1.165, 1.54) is 0 Å². The van der Waals surface area contributed by atoms with E-state index in [0.717, 1.165) is 25.9 Å². The first-order chi connectivity index (χ1) is 6.83. The van der Waals surface area contributed by atoms with Crippen molar-refractivity contribution in [1.82, 2.24) is 10.8 Å². The lowest BCUT2D eigenvalue weighted by atomic mass is 10.1. The van der Waals surface area contributed by atoms with E-state index in [4.69, 9.17) is 9.57 Å². The fourth-order valence-electron chi connectivity index (χ4n) is 1.34. The number of nitrogens with one attached hydrogen (secondary N) is 2. The molecule has 0 aliphatic carbocycles. The minimum atomic E-state index is -0.217. The van der Waals surface area contributed by atoms with Gasteiger partial charge in [-0.2, -0.15) is 0 Å². The molecule has 2 N–H and O–H groups in total. The second-order valence-electron chi connectivity index (χ2n) is 3.22. The minimum Gasteiger partial charge on any atom is -0.368 e. The number of hydroxylamine groups is 1. The summed E-state index contributed by atoms with van der Waals surface area (Å²) in [7, 11) is 0. The van der Waals surface area contributed by atoms with Crippen LogP contribution in [0.2, 0.25) is 0 Å². The molecule has 0 aromatic rings. The van der Waals surface area contributed by atoms with Gasteiger partial charge in [0.15, 0.2) is 0 Å². The van der Waals surface area contributed by atoms with E-state index in [1.807, 2.05) is 6.92 Å². The number of hydrogen-bond acceptors (Lipinski definition) is 4. The van der Waals surface area contributed by atoms with Gasteiger partial charge in [-0.25, -0.2) is 5.48 Å². The Balaban J connectivity index is 2.03. The van der Waals surface area contributed by atoms with Crippen molar-refractivity contribution in [3.05, 3.63) is 0 Å². The molecule has 1 amide bonds. The number of piperidine rings is 1. The van der Waals surface area contributed by atoms with E-state index in [0.29, 0.717) is 6.61 Å². The van der Waals surface area contributed by atoms with Gasteiger partial charge < -0.3 is 10.1 Å². The quantitative estimate of drug-likeness (QED) is 0.607. The van der Waals surface area contributed by atoms with Crippen LogP contribution < -0.4 is 10.8 Å². The highest BCUT2D eigenvalue weighted by Gasteiger charge is 2.14. The molecule has 0 radical (unpaired) electrons. The molecule has 0 saturated carbocycles. The monoisotopic (exact) mass is 202 g/mol. The van der Waals surface area contributed by atoms with Crippen molar-refractivity contribution in [1.29, 1.82) is 0 Å². The number of carbonyl (C=O) groups is 1. The molecule has 5 heteroatoms. The summed E-state index contributed by atoms with van der Waals surface area (Å²) in [5.41, 5.74) is 2.29. The second kappa shape index (κ2) is 6.75. The van der Waals surface area contributed by atoms with Crippen LogP contribution in [-0.2, 0) is 14.4 Å². The van der Waals surface area contributed by atoms with Gasteiger partial charge in [0, 0.05) is 0 Å². The Bertz CT molecular complexity index is 169. The molecule has 0 spiro atoms. The Hall–Kier alpha value is -0.650. The molecular weight excluding hydrogens is 184 g/mol. The van der Waals surface area contributed by atoms with Crippen LogP contribution in [0.5, 0.6) is 0 Å². The van der Waals surface area contributed by atoms with Crippen LogP contribution >= 0.6 is 0 Å². The van der Waals surface area contributed by atoms with Crippen LogP contribution in [0.3, 0.4) is 0 Å². The van der Waals surface area contributed by atoms with Crippen LogP contribution in [0.1, 0.15) is 19.8 Å². The summed E-state index contributed by atoms with van der Waals surface area (Å²) in [6.45, 7) is 4.31. The predicted molar refractivity (Wildman–Crippen MR) is 51.6 cm³/mol. The number of amides is 1.